The van der Waals surface area contributed by atoms with Crippen LogP contribution in [0.5, 0.6) is 0 Å². The first kappa shape index (κ1) is 15.7. The van der Waals surface area contributed by atoms with Crippen LogP contribution in [0.15, 0.2) is 0 Å². The molecule has 0 radical (unpaired) electrons. The molecule has 13 heavy (non-hydrogen) atoms. The van der Waals surface area contributed by atoms with Crippen LogP contribution in [0.4, 0.5) is 0 Å². The largest absolute Gasteiger partial charge is 0.466 e. The maximum atomic E-state index is 11.0. The maximum absolute atomic E-state index is 11.0. The number of unbranched alkanes of at least 4 members (excludes halogenated alkanes) is 3. The lowest BCUT2D eigenvalue weighted by molar-refractivity contribution is -0.143. The number of carbonyl (C=O) groups is 1. The highest BCUT2D eigenvalue weighted by molar-refractivity contribution is 5.75. The van der Waals surface area contributed by atoms with Gasteiger partial charge in [0.2, 0.25) is 0 Å². The molecule has 0 aliphatic carbocycles. The predicted octanol–water partition coefficient (Wildman–Crippen LogP) is 1.99. The topological polar surface area (TPSA) is 26.3 Å². The van der Waals surface area contributed by atoms with Crippen molar-refractivity contribution < 1.29 is 9.53 Å². The van der Waals surface area contributed by atoms with Crippen LogP contribution in [0.1, 0.15) is 52.4 Å². The molecule has 0 heterocycles. The number of hydrogen-bond acceptors (Lipinski definition) is 2. The molecule has 0 saturated carbocycles. The molecule has 0 N–H and O–H groups in total. The first-order valence-electron chi connectivity index (χ1n) is 4.96. The SMILES string of the molecule is CCCCCC(=O)OCCCC.[MgH2]. The quantitative estimate of drug-likeness (QED) is 0.355. The van der Waals surface area contributed by atoms with Crippen molar-refractivity contribution >= 4 is 29.0 Å². The number of carbonyl (C=O) groups excluding carboxylic acids is 1. The molecule has 3 heteroatoms. The van der Waals surface area contributed by atoms with Gasteiger partial charge >= 0.3 is 29.0 Å². The van der Waals surface area contributed by atoms with Crippen LogP contribution in [0, 0.1) is 0 Å². The molecular weight excluding hydrogens is 176 g/mol. The van der Waals surface area contributed by atoms with Gasteiger partial charge in [0.1, 0.15) is 0 Å². The maximum Gasteiger partial charge on any atom is 0.316 e. The number of ether oxygens (including phenoxy) is 1. The van der Waals surface area contributed by atoms with Gasteiger partial charge in [-0.3, -0.25) is 4.79 Å². The Bertz CT molecular complexity index is 103. The van der Waals surface area contributed by atoms with Crippen molar-refractivity contribution in [1.29, 1.82) is 0 Å². The Labute approximate surface area is 97.6 Å². The third kappa shape index (κ3) is 12.2. The van der Waals surface area contributed by atoms with E-state index in [1.807, 2.05) is 0 Å². The minimum Gasteiger partial charge on any atom is -0.466 e. The summed E-state index contributed by atoms with van der Waals surface area (Å²) >= 11 is 0. The van der Waals surface area contributed by atoms with Crippen LogP contribution in [-0.2, 0) is 9.53 Å². The van der Waals surface area contributed by atoms with Gasteiger partial charge in [0, 0.05) is 6.42 Å². The molecule has 0 fully saturated rings. The third-order valence-electron chi connectivity index (χ3n) is 1.75. The lowest BCUT2D eigenvalue weighted by Crippen LogP contribution is -2.05. The van der Waals surface area contributed by atoms with Crippen molar-refractivity contribution in [2.24, 2.45) is 0 Å². The molecule has 0 aromatic carbocycles. The zero-order valence-electron chi connectivity index (χ0n) is 8.27. The van der Waals surface area contributed by atoms with Crippen LogP contribution in [0.25, 0.3) is 0 Å². The average Bonchev–Trinajstić information content (AvgIpc) is 2.06. The summed E-state index contributed by atoms with van der Waals surface area (Å²) < 4.78 is 4.99. The van der Waals surface area contributed by atoms with E-state index in [2.05, 4.69) is 13.8 Å². The molecule has 0 aromatic rings. The average molecular weight is 199 g/mol. The summed E-state index contributed by atoms with van der Waals surface area (Å²) in [6.07, 6.45) is 5.92. The van der Waals surface area contributed by atoms with Crippen LogP contribution in [-0.4, -0.2) is 35.6 Å². The van der Waals surface area contributed by atoms with Crippen LogP contribution in [0.3, 0.4) is 0 Å². The van der Waals surface area contributed by atoms with Crippen molar-refractivity contribution in [2.75, 3.05) is 6.61 Å². The molecule has 0 atom stereocenters. The van der Waals surface area contributed by atoms with Gasteiger partial charge in [-0.1, -0.05) is 33.1 Å². The normalized spacial score (nSPS) is 9.08. The second kappa shape index (κ2) is 12.2. The second-order valence-corrected chi connectivity index (χ2v) is 3.03. The summed E-state index contributed by atoms with van der Waals surface area (Å²) in [4.78, 5) is 11.0. The molecule has 0 aromatic heterocycles. The van der Waals surface area contributed by atoms with E-state index < -0.39 is 0 Å². The molecule has 0 rings (SSSR count). The molecule has 0 bridgehead atoms. The third-order valence-corrected chi connectivity index (χ3v) is 1.75. The van der Waals surface area contributed by atoms with Crippen molar-refractivity contribution in [1.82, 2.24) is 0 Å². The van der Waals surface area contributed by atoms with E-state index in [4.69, 9.17) is 4.74 Å². The fourth-order valence-electron chi connectivity index (χ4n) is 0.922. The Kier molecular flexibility index (Phi) is 14.8. The molecule has 76 valence electrons. The minimum atomic E-state index is -0.0306. The smallest absolute Gasteiger partial charge is 0.316 e. The van der Waals surface area contributed by atoms with Gasteiger partial charge in [0.25, 0.3) is 0 Å². The summed E-state index contributed by atoms with van der Waals surface area (Å²) in [6, 6.07) is 0. The molecular formula is C10H22MgO2. The highest BCUT2D eigenvalue weighted by Gasteiger charge is 2.00. The van der Waals surface area contributed by atoms with Gasteiger partial charge in [-0.05, 0) is 12.8 Å². The Morgan fingerprint density at radius 2 is 1.69 bits per heavy atom. The molecule has 0 aliphatic rings. The summed E-state index contributed by atoms with van der Waals surface area (Å²) in [5.74, 6) is -0.0306. The standard InChI is InChI=1S/C10H20O2.Mg.2H/c1-3-5-7-8-10(11)12-9-6-4-2;;;/h3-9H2,1-2H3;;;. The Hall–Kier alpha value is 0.236. The van der Waals surface area contributed by atoms with E-state index in [9.17, 15) is 4.79 Å². The lowest BCUT2D eigenvalue weighted by Gasteiger charge is -2.02. The summed E-state index contributed by atoms with van der Waals surface area (Å²) in [5, 5.41) is 0. The number of rotatable bonds is 7. The van der Waals surface area contributed by atoms with Crippen molar-refractivity contribution in [3.63, 3.8) is 0 Å². The van der Waals surface area contributed by atoms with E-state index in [0.717, 1.165) is 32.1 Å². The van der Waals surface area contributed by atoms with Gasteiger partial charge in [0.05, 0.1) is 6.61 Å². The van der Waals surface area contributed by atoms with Gasteiger partial charge < -0.3 is 4.74 Å². The van der Waals surface area contributed by atoms with Crippen molar-refractivity contribution in [2.45, 2.75) is 52.4 Å². The number of esters is 1. The first-order valence-corrected chi connectivity index (χ1v) is 4.96. The summed E-state index contributed by atoms with van der Waals surface area (Å²) in [5.41, 5.74) is 0. The highest BCUT2D eigenvalue weighted by Crippen LogP contribution is 2.00. The van der Waals surface area contributed by atoms with Gasteiger partial charge in [0.15, 0.2) is 0 Å². The molecule has 2 nitrogen and oxygen atoms in total. The molecule has 0 aliphatic heterocycles. The second-order valence-electron chi connectivity index (χ2n) is 3.03. The van der Waals surface area contributed by atoms with E-state index in [0.29, 0.717) is 13.0 Å². The number of hydrogen-bond donors (Lipinski definition) is 0. The summed E-state index contributed by atoms with van der Waals surface area (Å²) in [7, 11) is 0. The Morgan fingerprint density at radius 3 is 2.23 bits per heavy atom. The minimum absolute atomic E-state index is 0. The van der Waals surface area contributed by atoms with Gasteiger partial charge in [-0.25, -0.2) is 0 Å². The van der Waals surface area contributed by atoms with E-state index in [1.165, 1.54) is 0 Å². The monoisotopic (exact) mass is 198 g/mol. The van der Waals surface area contributed by atoms with Crippen molar-refractivity contribution in [3.05, 3.63) is 0 Å². The lowest BCUT2D eigenvalue weighted by atomic mass is 10.2. The molecule has 0 spiro atoms. The van der Waals surface area contributed by atoms with Crippen LogP contribution in [0.2, 0.25) is 0 Å². The fourth-order valence-corrected chi connectivity index (χ4v) is 0.922. The van der Waals surface area contributed by atoms with Crippen molar-refractivity contribution in [3.8, 4) is 0 Å². The van der Waals surface area contributed by atoms with E-state index >= 15 is 0 Å². The predicted molar refractivity (Wildman–Crippen MR) is 58.6 cm³/mol. The highest BCUT2D eigenvalue weighted by atomic mass is 24.3. The van der Waals surface area contributed by atoms with Gasteiger partial charge in [-0.15, -0.1) is 0 Å². The molecule has 0 unspecified atom stereocenters. The Balaban J connectivity index is 0. The van der Waals surface area contributed by atoms with Crippen LogP contribution >= 0.6 is 0 Å². The van der Waals surface area contributed by atoms with E-state index in [1.54, 1.807) is 0 Å². The van der Waals surface area contributed by atoms with Gasteiger partial charge in [-0.2, -0.15) is 0 Å². The van der Waals surface area contributed by atoms with E-state index in [-0.39, 0.29) is 29.0 Å². The zero-order chi connectivity index (χ0) is 9.23. The first-order chi connectivity index (χ1) is 5.81. The summed E-state index contributed by atoms with van der Waals surface area (Å²) in [6.45, 7) is 4.81. The molecule has 0 amide bonds. The fraction of sp³-hybridized carbons (Fsp3) is 0.900. The molecule has 0 saturated heterocycles. The van der Waals surface area contributed by atoms with Crippen LogP contribution < -0.4 is 0 Å². The Morgan fingerprint density at radius 1 is 1.08 bits per heavy atom. The zero-order valence-corrected chi connectivity index (χ0v) is 8.27.